The fourth-order valence-corrected chi connectivity index (χ4v) is 3.60. The summed E-state index contributed by atoms with van der Waals surface area (Å²) in [6, 6.07) is 7.25. The highest BCUT2D eigenvalue weighted by molar-refractivity contribution is 7.11. The predicted molar refractivity (Wildman–Crippen MR) is 87.8 cm³/mol. The van der Waals surface area contributed by atoms with Gasteiger partial charge < -0.3 is 5.32 Å². The Hall–Kier alpha value is -1.19. The molecule has 0 fully saturated rings. The molecule has 3 heteroatoms. The summed E-state index contributed by atoms with van der Waals surface area (Å²) in [6.45, 7) is 8.57. The van der Waals surface area contributed by atoms with Crippen LogP contribution in [0.5, 0.6) is 0 Å². The van der Waals surface area contributed by atoms with E-state index in [0.717, 1.165) is 12.8 Å². The smallest absolute Gasteiger partial charge is 0.0946 e. The molecule has 0 aliphatic rings. The van der Waals surface area contributed by atoms with Crippen molar-refractivity contribution < 1.29 is 0 Å². The second-order valence-electron chi connectivity index (χ2n) is 5.64. The van der Waals surface area contributed by atoms with Crippen LogP contribution in [0.4, 0.5) is 0 Å². The van der Waals surface area contributed by atoms with Gasteiger partial charge >= 0.3 is 0 Å². The number of hydrogen-bond acceptors (Lipinski definition) is 3. The lowest BCUT2D eigenvalue weighted by Crippen LogP contribution is -2.29. The summed E-state index contributed by atoms with van der Waals surface area (Å²) in [5, 5.41) is 4.67. The first-order valence-corrected chi connectivity index (χ1v) is 7.97. The molecule has 2 nitrogen and oxygen atoms in total. The fraction of sp³-hybridized carbons (Fsp3) is 0.471. The molecular formula is C17H24N2S. The molecule has 0 bridgehead atoms. The summed E-state index contributed by atoms with van der Waals surface area (Å²) in [7, 11) is 2.04. The highest BCUT2D eigenvalue weighted by atomic mass is 32.1. The lowest BCUT2D eigenvalue weighted by Gasteiger charge is -2.15. The van der Waals surface area contributed by atoms with Gasteiger partial charge in [-0.15, -0.1) is 11.3 Å². The van der Waals surface area contributed by atoms with Crippen LogP contribution >= 0.6 is 11.3 Å². The van der Waals surface area contributed by atoms with Crippen molar-refractivity contribution in [2.75, 3.05) is 7.05 Å². The quantitative estimate of drug-likeness (QED) is 0.906. The molecule has 0 aliphatic carbocycles. The molecule has 1 heterocycles. The first-order valence-electron chi connectivity index (χ1n) is 7.15. The molecule has 0 saturated carbocycles. The molecular weight excluding hydrogens is 264 g/mol. The van der Waals surface area contributed by atoms with Gasteiger partial charge in [-0.2, -0.15) is 0 Å². The maximum atomic E-state index is 4.65. The Morgan fingerprint density at radius 2 is 1.70 bits per heavy atom. The van der Waals surface area contributed by atoms with E-state index < -0.39 is 0 Å². The number of rotatable bonds is 5. The summed E-state index contributed by atoms with van der Waals surface area (Å²) in [6.07, 6.45) is 2.06. The predicted octanol–water partition coefficient (Wildman–Crippen LogP) is 3.75. The van der Waals surface area contributed by atoms with Crippen LogP contribution in [-0.4, -0.2) is 18.1 Å². The third-order valence-electron chi connectivity index (χ3n) is 3.67. The van der Waals surface area contributed by atoms with E-state index in [1.165, 1.54) is 32.3 Å². The summed E-state index contributed by atoms with van der Waals surface area (Å²) < 4.78 is 0. The Morgan fingerprint density at radius 1 is 1.05 bits per heavy atom. The monoisotopic (exact) mass is 288 g/mol. The molecule has 2 rings (SSSR count). The zero-order chi connectivity index (χ0) is 14.7. The molecule has 20 heavy (non-hydrogen) atoms. The van der Waals surface area contributed by atoms with Gasteiger partial charge in [-0.05, 0) is 46.7 Å². The highest BCUT2D eigenvalue weighted by Gasteiger charge is 2.12. The average molecular weight is 288 g/mol. The Bertz CT molecular complexity index is 547. The first-order chi connectivity index (χ1) is 9.47. The van der Waals surface area contributed by atoms with Crippen molar-refractivity contribution in [3.63, 3.8) is 0 Å². The minimum absolute atomic E-state index is 0.446. The minimum atomic E-state index is 0.446. The van der Waals surface area contributed by atoms with Crippen LogP contribution in [0.1, 0.15) is 32.3 Å². The van der Waals surface area contributed by atoms with Gasteiger partial charge in [0.25, 0.3) is 0 Å². The number of nitrogens with one attached hydrogen (secondary N) is 1. The number of thiazole rings is 1. The van der Waals surface area contributed by atoms with Crippen LogP contribution in [-0.2, 0) is 12.8 Å². The van der Waals surface area contributed by atoms with Gasteiger partial charge in [0, 0.05) is 17.3 Å². The number of benzene rings is 1. The van der Waals surface area contributed by atoms with Crippen LogP contribution in [0.3, 0.4) is 0 Å². The lowest BCUT2D eigenvalue weighted by atomic mass is 10.00. The molecule has 2 aromatic rings. The molecule has 0 radical (unpaired) electrons. The van der Waals surface area contributed by atoms with Gasteiger partial charge in [0.2, 0.25) is 0 Å². The van der Waals surface area contributed by atoms with Gasteiger partial charge in [-0.25, -0.2) is 4.98 Å². The van der Waals surface area contributed by atoms with Gasteiger partial charge in [0.1, 0.15) is 0 Å². The molecule has 0 amide bonds. The Kier molecular flexibility index (Phi) is 4.95. The van der Waals surface area contributed by atoms with Crippen molar-refractivity contribution in [3.8, 4) is 0 Å². The van der Waals surface area contributed by atoms with E-state index in [2.05, 4.69) is 56.2 Å². The molecule has 1 atom stereocenters. The van der Waals surface area contributed by atoms with E-state index in [0.29, 0.717) is 6.04 Å². The van der Waals surface area contributed by atoms with E-state index in [1.807, 2.05) is 18.4 Å². The summed E-state index contributed by atoms with van der Waals surface area (Å²) in [5.74, 6) is 0. The molecule has 0 saturated heterocycles. The van der Waals surface area contributed by atoms with Gasteiger partial charge in [-0.3, -0.25) is 0 Å². The fourth-order valence-electron chi connectivity index (χ4n) is 2.58. The van der Waals surface area contributed by atoms with Gasteiger partial charge in [-0.1, -0.05) is 29.3 Å². The second kappa shape index (κ2) is 6.51. The van der Waals surface area contributed by atoms with Crippen LogP contribution in [0, 0.1) is 27.7 Å². The second-order valence-corrected chi connectivity index (χ2v) is 6.93. The van der Waals surface area contributed by atoms with Crippen molar-refractivity contribution >= 4 is 11.3 Å². The number of likely N-dealkylation sites (N-methyl/N-ethyl adjacent to an activating group) is 1. The van der Waals surface area contributed by atoms with Gasteiger partial charge in [0.05, 0.1) is 10.7 Å². The average Bonchev–Trinajstić information content (AvgIpc) is 2.66. The zero-order valence-corrected chi connectivity index (χ0v) is 13.9. The number of aromatic nitrogens is 1. The van der Waals surface area contributed by atoms with Gasteiger partial charge in [0.15, 0.2) is 0 Å². The SMILES string of the molecule is CNC(Cc1cc(C)cc(C)c1)Cc1nc(C)c(C)s1. The highest BCUT2D eigenvalue weighted by Crippen LogP contribution is 2.19. The topological polar surface area (TPSA) is 24.9 Å². The van der Waals surface area contributed by atoms with Crippen LogP contribution in [0.2, 0.25) is 0 Å². The third-order valence-corrected chi connectivity index (χ3v) is 4.76. The molecule has 108 valence electrons. The number of aryl methyl sites for hydroxylation is 4. The minimum Gasteiger partial charge on any atom is -0.316 e. The van der Waals surface area contributed by atoms with E-state index in [4.69, 9.17) is 0 Å². The maximum absolute atomic E-state index is 4.65. The summed E-state index contributed by atoms with van der Waals surface area (Å²) in [5.41, 5.74) is 5.27. The van der Waals surface area contributed by atoms with E-state index >= 15 is 0 Å². The summed E-state index contributed by atoms with van der Waals surface area (Å²) in [4.78, 5) is 5.99. The molecule has 0 spiro atoms. The van der Waals surface area contributed by atoms with Crippen LogP contribution in [0.15, 0.2) is 18.2 Å². The molecule has 0 aliphatic heterocycles. The Labute approximate surface area is 126 Å². The maximum Gasteiger partial charge on any atom is 0.0946 e. The van der Waals surface area contributed by atoms with Crippen molar-refractivity contribution in [2.45, 2.75) is 46.6 Å². The summed E-state index contributed by atoms with van der Waals surface area (Å²) >= 11 is 1.82. The van der Waals surface area contributed by atoms with Crippen molar-refractivity contribution in [1.29, 1.82) is 0 Å². The van der Waals surface area contributed by atoms with Crippen molar-refractivity contribution in [1.82, 2.24) is 10.3 Å². The molecule has 1 aromatic carbocycles. The number of hydrogen-bond donors (Lipinski definition) is 1. The van der Waals surface area contributed by atoms with Crippen molar-refractivity contribution in [3.05, 3.63) is 50.5 Å². The van der Waals surface area contributed by atoms with E-state index in [1.54, 1.807) is 0 Å². The standard InChI is InChI=1S/C17H24N2S/c1-11-6-12(2)8-15(7-11)9-16(18-5)10-17-19-13(3)14(4)20-17/h6-8,16,18H,9-10H2,1-5H3. The Morgan fingerprint density at radius 3 is 2.20 bits per heavy atom. The first kappa shape index (κ1) is 15.2. The largest absolute Gasteiger partial charge is 0.316 e. The zero-order valence-electron chi connectivity index (χ0n) is 13.1. The van der Waals surface area contributed by atoms with E-state index in [-0.39, 0.29) is 0 Å². The molecule has 1 N–H and O–H groups in total. The van der Waals surface area contributed by atoms with Crippen LogP contribution < -0.4 is 5.32 Å². The molecule has 1 unspecified atom stereocenters. The van der Waals surface area contributed by atoms with Crippen LogP contribution in [0.25, 0.3) is 0 Å². The van der Waals surface area contributed by atoms with E-state index in [9.17, 15) is 0 Å². The number of nitrogens with zero attached hydrogens (tertiary/aromatic N) is 1. The third kappa shape index (κ3) is 3.90. The van der Waals surface area contributed by atoms with Crippen molar-refractivity contribution in [2.24, 2.45) is 0 Å². The Balaban J connectivity index is 2.08. The normalized spacial score (nSPS) is 12.7. The molecule has 1 aromatic heterocycles. The lowest BCUT2D eigenvalue weighted by molar-refractivity contribution is 0.554.